The Morgan fingerprint density at radius 2 is 2.16 bits per heavy atom. The van der Waals surface area contributed by atoms with Crippen molar-refractivity contribution < 1.29 is 4.79 Å². The third-order valence-corrected chi connectivity index (χ3v) is 4.04. The number of amides is 1. The van der Waals surface area contributed by atoms with Crippen LogP contribution in [0.2, 0.25) is 0 Å². The summed E-state index contributed by atoms with van der Waals surface area (Å²) in [7, 11) is 0. The molecule has 0 aliphatic carbocycles. The second-order valence-electron chi connectivity index (χ2n) is 5.11. The Bertz CT molecular complexity index is 515. The molecule has 0 aliphatic heterocycles. The smallest absolute Gasteiger partial charge is 0.220 e. The van der Waals surface area contributed by atoms with Crippen molar-refractivity contribution in [2.45, 2.75) is 33.1 Å². The molecule has 0 radical (unpaired) electrons. The molecule has 19 heavy (non-hydrogen) atoms. The molecule has 3 nitrogen and oxygen atoms in total. The van der Waals surface area contributed by atoms with Crippen molar-refractivity contribution in [1.82, 2.24) is 10.3 Å². The van der Waals surface area contributed by atoms with Gasteiger partial charge in [-0.1, -0.05) is 26.0 Å². The van der Waals surface area contributed by atoms with E-state index >= 15 is 0 Å². The molecule has 0 atom stereocenters. The first kappa shape index (κ1) is 14.0. The van der Waals surface area contributed by atoms with Gasteiger partial charge >= 0.3 is 0 Å². The molecule has 0 aliphatic rings. The molecular formula is C15H20N2OS. The van der Waals surface area contributed by atoms with Crippen LogP contribution in [0, 0.1) is 5.92 Å². The van der Waals surface area contributed by atoms with Crippen molar-refractivity contribution in [3.05, 3.63) is 29.3 Å². The van der Waals surface area contributed by atoms with Crippen LogP contribution < -0.4 is 5.32 Å². The Kier molecular flexibility index (Phi) is 4.91. The van der Waals surface area contributed by atoms with Gasteiger partial charge in [-0.3, -0.25) is 4.79 Å². The summed E-state index contributed by atoms with van der Waals surface area (Å²) in [6.45, 7) is 4.94. The number of carbonyl (C=O) groups is 1. The van der Waals surface area contributed by atoms with E-state index in [0.717, 1.165) is 23.4 Å². The normalized spacial score (nSPS) is 11.1. The van der Waals surface area contributed by atoms with Gasteiger partial charge in [0.1, 0.15) is 0 Å². The lowest BCUT2D eigenvalue weighted by Gasteiger charge is -2.05. The molecule has 1 heterocycles. The van der Waals surface area contributed by atoms with E-state index in [9.17, 15) is 4.79 Å². The molecule has 102 valence electrons. The Morgan fingerprint density at radius 1 is 1.37 bits per heavy atom. The number of carbonyl (C=O) groups excluding carboxylic acids is 1. The first-order valence-corrected chi connectivity index (χ1v) is 7.58. The maximum Gasteiger partial charge on any atom is 0.220 e. The highest BCUT2D eigenvalue weighted by molar-refractivity contribution is 7.18. The Balaban J connectivity index is 1.77. The van der Waals surface area contributed by atoms with Crippen LogP contribution >= 0.6 is 11.3 Å². The molecular weight excluding hydrogens is 256 g/mol. The zero-order valence-corrected chi connectivity index (χ0v) is 12.3. The van der Waals surface area contributed by atoms with Crippen LogP contribution in [0.15, 0.2) is 24.3 Å². The molecule has 2 aromatic rings. The van der Waals surface area contributed by atoms with E-state index in [2.05, 4.69) is 30.2 Å². The average Bonchev–Trinajstić information content (AvgIpc) is 2.79. The van der Waals surface area contributed by atoms with Crippen LogP contribution in [0.5, 0.6) is 0 Å². The molecule has 1 aromatic heterocycles. The molecule has 2 rings (SSSR count). The van der Waals surface area contributed by atoms with Crippen molar-refractivity contribution in [3.8, 4) is 0 Å². The minimum absolute atomic E-state index is 0.148. The molecule has 4 heteroatoms. The Hall–Kier alpha value is -1.42. The third-order valence-electron chi connectivity index (χ3n) is 2.95. The van der Waals surface area contributed by atoms with E-state index in [4.69, 9.17) is 0 Å². The highest BCUT2D eigenvalue weighted by Gasteiger charge is 2.05. The molecule has 0 saturated carbocycles. The number of aromatic nitrogens is 1. The van der Waals surface area contributed by atoms with Crippen LogP contribution in [0.3, 0.4) is 0 Å². The number of fused-ring (bicyclic) bond motifs is 1. The Morgan fingerprint density at radius 3 is 2.89 bits per heavy atom. The number of nitrogens with one attached hydrogen (secondary N) is 1. The van der Waals surface area contributed by atoms with E-state index in [1.165, 1.54) is 4.70 Å². The fraction of sp³-hybridized carbons (Fsp3) is 0.467. The van der Waals surface area contributed by atoms with Crippen molar-refractivity contribution in [3.63, 3.8) is 0 Å². The van der Waals surface area contributed by atoms with Gasteiger partial charge in [0.15, 0.2) is 0 Å². The van der Waals surface area contributed by atoms with Crippen LogP contribution in [-0.2, 0) is 11.2 Å². The van der Waals surface area contributed by atoms with Crippen LogP contribution in [-0.4, -0.2) is 17.4 Å². The number of rotatable bonds is 6. The summed E-state index contributed by atoms with van der Waals surface area (Å²) in [5, 5.41) is 4.05. The maximum atomic E-state index is 11.6. The number of thiazole rings is 1. The maximum absolute atomic E-state index is 11.6. The molecule has 1 N–H and O–H groups in total. The Labute approximate surface area is 118 Å². The van der Waals surface area contributed by atoms with Gasteiger partial charge in [0.05, 0.1) is 15.2 Å². The lowest BCUT2D eigenvalue weighted by Crippen LogP contribution is -2.25. The lowest BCUT2D eigenvalue weighted by molar-refractivity contribution is -0.121. The van der Waals surface area contributed by atoms with Gasteiger partial charge in [-0.2, -0.15) is 0 Å². The van der Waals surface area contributed by atoms with Gasteiger partial charge in [-0.15, -0.1) is 11.3 Å². The van der Waals surface area contributed by atoms with Crippen molar-refractivity contribution in [1.29, 1.82) is 0 Å². The number of para-hydroxylation sites is 1. The minimum atomic E-state index is 0.148. The van der Waals surface area contributed by atoms with E-state index in [0.29, 0.717) is 18.9 Å². The number of hydrogen-bond donors (Lipinski definition) is 1. The van der Waals surface area contributed by atoms with Crippen molar-refractivity contribution in [2.75, 3.05) is 6.54 Å². The SMILES string of the molecule is CC(C)CCC(=O)NCCc1nc2ccccc2s1. The number of benzene rings is 1. The zero-order chi connectivity index (χ0) is 13.7. The molecule has 0 unspecified atom stereocenters. The molecule has 0 fully saturated rings. The second kappa shape index (κ2) is 6.66. The van der Waals surface area contributed by atoms with Gasteiger partial charge in [-0.25, -0.2) is 4.98 Å². The fourth-order valence-electron chi connectivity index (χ4n) is 1.84. The van der Waals surface area contributed by atoms with Gasteiger partial charge in [-0.05, 0) is 24.5 Å². The van der Waals surface area contributed by atoms with Gasteiger partial charge in [0, 0.05) is 19.4 Å². The molecule has 0 saturated heterocycles. The zero-order valence-electron chi connectivity index (χ0n) is 11.5. The van der Waals surface area contributed by atoms with E-state index in [-0.39, 0.29) is 5.91 Å². The highest BCUT2D eigenvalue weighted by Crippen LogP contribution is 2.21. The summed E-state index contributed by atoms with van der Waals surface area (Å²) < 4.78 is 1.21. The predicted molar refractivity (Wildman–Crippen MR) is 80.4 cm³/mol. The van der Waals surface area contributed by atoms with Gasteiger partial charge < -0.3 is 5.32 Å². The van der Waals surface area contributed by atoms with Crippen molar-refractivity contribution in [2.24, 2.45) is 5.92 Å². The van der Waals surface area contributed by atoms with Crippen LogP contribution in [0.4, 0.5) is 0 Å². The average molecular weight is 276 g/mol. The molecule has 1 amide bonds. The van der Waals surface area contributed by atoms with Gasteiger partial charge in [0.2, 0.25) is 5.91 Å². The third kappa shape index (κ3) is 4.31. The monoisotopic (exact) mass is 276 g/mol. The quantitative estimate of drug-likeness (QED) is 0.878. The summed E-state index contributed by atoms with van der Waals surface area (Å²) in [6, 6.07) is 8.13. The molecule has 0 spiro atoms. The fourth-order valence-corrected chi connectivity index (χ4v) is 2.81. The van der Waals surface area contributed by atoms with Crippen LogP contribution in [0.25, 0.3) is 10.2 Å². The summed E-state index contributed by atoms with van der Waals surface area (Å²) in [6.07, 6.45) is 2.39. The second-order valence-corrected chi connectivity index (χ2v) is 6.22. The van der Waals surface area contributed by atoms with Gasteiger partial charge in [0.25, 0.3) is 0 Å². The van der Waals surface area contributed by atoms with Crippen molar-refractivity contribution >= 4 is 27.5 Å². The summed E-state index contributed by atoms with van der Waals surface area (Å²) in [5.41, 5.74) is 1.05. The predicted octanol–water partition coefficient (Wildman–Crippen LogP) is 3.39. The highest BCUT2D eigenvalue weighted by atomic mass is 32.1. The first-order chi connectivity index (χ1) is 9.15. The summed E-state index contributed by atoms with van der Waals surface area (Å²) in [4.78, 5) is 16.1. The van der Waals surface area contributed by atoms with Crippen LogP contribution in [0.1, 0.15) is 31.7 Å². The van der Waals surface area contributed by atoms with E-state index < -0.39 is 0 Å². The first-order valence-electron chi connectivity index (χ1n) is 6.76. The largest absolute Gasteiger partial charge is 0.356 e. The molecule has 1 aromatic carbocycles. The molecule has 0 bridgehead atoms. The lowest BCUT2D eigenvalue weighted by atomic mass is 10.1. The standard InChI is InChI=1S/C15H20N2OS/c1-11(2)7-8-14(18)16-10-9-15-17-12-5-3-4-6-13(12)19-15/h3-6,11H,7-10H2,1-2H3,(H,16,18). The number of nitrogens with zero attached hydrogens (tertiary/aromatic N) is 1. The van der Waals surface area contributed by atoms with E-state index in [1.54, 1.807) is 11.3 Å². The van der Waals surface area contributed by atoms with E-state index in [1.807, 2.05) is 18.2 Å². The number of hydrogen-bond acceptors (Lipinski definition) is 3. The summed E-state index contributed by atoms with van der Waals surface area (Å²) >= 11 is 1.70. The topological polar surface area (TPSA) is 42.0 Å². The summed E-state index contributed by atoms with van der Waals surface area (Å²) in [5.74, 6) is 0.727. The minimum Gasteiger partial charge on any atom is -0.356 e.